The van der Waals surface area contributed by atoms with Gasteiger partial charge in [-0.1, -0.05) is 12.0 Å². The fourth-order valence-corrected chi connectivity index (χ4v) is 3.25. The van der Waals surface area contributed by atoms with Crippen molar-refractivity contribution in [3.8, 4) is 11.8 Å². The van der Waals surface area contributed by atoms with Gasteiger partial charge in [-0.25, -0.2) is 0 Å². The monoisotopic (exact) mass is 256 g/mol. The highest BCUT2D eigenvalue weighted by molar-refractivity contribution is 5.93. The number of carbonyl (C=O) groups excluding carboxylic acids is 1. The van der Waals surface area contributed by atoms with Crippen molar-refractivity contribution in [3.63, 3.8) is 0 Å². The maximum absolute atomic E-state index is 11.9. The van der Waals surface area contributed by atoms with Gasteiger partial charge in [0.05, 0.1) is 0 Å². The third-order valence-electron chi connectivity index (χ3n) is 4.00. The zero-order valence-electron chi connectivity index (χ0n) is 10.9. The smallest absolute Gasteiger partial charge is 0.298 e. The number of pyridine rings is 1. The van der Waals surface area contributed by atoms with Gasteiger partial charge >= 0.3 is 0 Å². The molecule has 1 amide bonds. The minimum atomic E-state index is -0.0936. The predicted molar refractivity (Wildman–Crippen MR) is 71.6 cm³/mol. The number of hydrogen-bond acceptors (Lipinski definition) is 2. The largest absolute Gasteiger partial charge is 0.331 e. The Balaban J connectivity index is 1.93. The molecule has 2 aliphatic rings. The zero-order chi connectivity index (χ0) is 13.4. The van der Waals surface area contributed by atoms with Gasteiger partial charge < -0.3 is 9.47 Å². The van der Waals surface area contributed by atoms with Crippen molar-refractivity contribution < 1.29 is 4.79 Å². The second-order valence-corrected chi connectivity index (χ2v) is 5.28. The van der Waals surface area contributed by atoms with Crippen LogP contribution in [0.25, 0.3) is 0 Å². The van der Waals surface area contributed by atoms with E-state index in [0.717, 1.165) is 18.7 Å². The molecule has 1 aromatic rings. The van der Waals surface area contributed by atoms with Crippen LogP contribution in [0.5, 0.6) is 0 Å². The number of aromatic nitrogens is 1. The Labute approximate surface area is 112 Å². The lowest BCUT2D eigenvalue weighted by Crippen LogP contribution is -2.48. The summed E-state index contributed by atoms with van der Waals surface area (Å²) in [5.74, 6) is 5.81. The van der Waals surface area contributed by atoms with E-state index in [1.807, 2.05) is 15.5 Å². The van der Waals surface area contributed by atoms with E-state index in [1.165, 1.54) is 0 Å². The molecule has 0 radical (unpaired) electrons. The first-order valence-corrected chi connectivity index (χ1v) is 6.60. The van der Waals surface area contributed by atoms with Crippen LogP contribution in [0.3, 0.4) is 0 Å². The van der Waals surface area contributed by atoms with Crippen LogP contribution in [0.2, 0.25) is 0 Å². The summed E-state index contributed by atoms with van der Waals surface area (Å²) in [4.78, 5) is 25.6. The van der Waals surface area contributed by atoms with Crippen LogP contribution in [-0.4, -0.2) is 28.5 Å². The van der Waals surface area contributed by atoms with Crippen molar-refractivity contribution in [2.24, 2.45) is 5.92 Å². The molecule has 0 saturated carbocycles. The van der Waals surface area contributed by atoms with E-state index in [1.54, 1.807) is 19.1 Å². The molecule has 2 bridgehead atoms. The van der Waals surface area contributed by atoms with Crippen molar-refractivity contribution in [1.29, 1.82) is 0 Å². The number of likely N-dealkylation sites (tertiary alicyclic amines) is 1. The zero-order valence-corrected chi connectivity index (χ0v) is 10.9. The van der Waals surface area contributed by atoms with Gasteiger partial charge in [-0.2, -0.15) is 0 Å². The van der Waals surface area contributed by atoms with Gasteiger partial charge in [-0.05, 0) is 31.2 Å². The molecule has 2 unspecified atom stereocenters. The van der Waals surface area contributed by atoms with Gasteiger partial charge in [0.25, 0.3) is 11.5 Å². The van der Waals surface area contributed by atoms with Crippen molar-refractivity contribution in [3.05, 3.63) is 34.2 Å². The summed E-state index contributed by atoms with van der Waals surface area (Å²) in [5, 5.41) is 0. The summed E-state index contributed by atoms with van der Waals surface area (Å²) in [7, 11) is 0. The van der Waals surface area contributed by atoms with Crippen LogP contribution >= 0.6 is 0 Å². The molecule has 3 rings (SSSR count). The maximum Gasteiger partial charge on any atom is 0.298 e. The number of nitrogens with zero attached hydrogens (tertiary/aromatic N) is 2. The Morgan fingerprint density at radius 1 is 1.32 bits per heavy atom. The quantitative estimate of drug-likeness (QED) is 0.645. The molecule has 2 atom stereocenters. The number of piperidine rings is 1. The van der Waals surface area contributed by atoms with Crippen molar-refractivity contribution in [1.82, 2.24) is 9.47 Å². The van der Waals surface area contributed by atoms with Crippen LogP contribution < -0.4 is 5.56 Å². The predicted octanol–water partition coefficient (Wildman–Crippen LogP) is 0.817. The first kappa shape index (κ1) is 12.0. The number of hydrogen-bond donors (Lipinski definition) is 0. The molecule has 98 valence electrons. The number of rotatable bonds is 0. The number of fused-ring (bicyclic) bond motifs is 4. The average Bonchev–Trinajstić information content (AvgIpc) is 2.40. The summed E-state index contributed by atoms with van der Waals surface area (Å²) < 4.78 is 1.87. The fourth-order valence-electron chi connectivity index (χ4n) is 3.25. The highest BCUT2D eigenvalue weighted by atomic mass is 16.2. The Bertz CT molecular complexity index is 636. The summed E-state index contributed by atoms with van der Waals surface area (Å²) in [6, 6.07) is 5.42. The van der Waals surface area contributed by atoms with Crippen LogP contribution in [-0.2, 0) is 11.3 Å². The summed E-state index contributed by atoms with van der Waals surface area (Å²) >= 11 is 0. The number of amides is 1. The van der Waals surface area contributed by atoms with Gasteiger partial charge in [0.1, 0.15) is 0 Å². The topological polar surface area (TPSA) is 42.3 Å². The first-order valence-electron chi connectivity index (χ1n) is 6.60. The van der Waals surface area contributed by atoms with E-state index in [-0.39, 0.29) is 17.4 Å². The Morgan fingerprint density at radius 2 is 2.16 bits per heavy atom. The molecule has 0 aromatic carbocycles. The lowest BCUT2D eigenvalue weighted by molar-refractivity contribution is -0.127. The van der Waals surface area contributed by atoms with E-state index in [0.29, 0.717) is 19.0 Å². The molecule has 4 nitrogen and oxygen atoms in total. The van der Waals surface area contributed by atoms with Gasteiger partial charge in [0.15, 0.2) is 0 Å². The van der Waals surface area contributed by atoms with Crippen molar-refractivity contribution in [2.45, 2.75) is 25.8 Å². The van der Waals surface area contributed by atoms with E-state index < -0.39 is 0 Å². The maximum atomic E-state index is 11.9. The molecule has 2 aliphatic heterocycles. The summed E-state index contributed by atoms with van der Waals surface area (Å²) in [6.07, 6.45) is 1.06. The Kier molecular flexibility index (Phi) is 2.90. The number of carbonyl (C=O) groups is 1. The molecular formula is C15H16N2O2. The van der Waals surface area contributed by atoms with E-state index in [2.05, 4.69) is 11.8 Å². The van der Waals surface area contributed by atoms with Gasteiger partial charge in [0.2, 0.25) is 0 Å². The van der Waals surface area contributed by atoms with Crippen molar-refractivity contribution >= 4 is 5.91 Å². The average molecular weight is 256 g/mol. The molecule has 1 saturated heterocycles. The van der Waals surface area contributed by atoms with E-state index in [4.69, 9.17) is 0 Å². The van der Waals surface area contributed by atoms with Gasteiger partial charge in [-0.15, -0.1) is 0 Å². The SMILES string of the molecule is CC#CC(=O)N1CC2CC(C1)c1cccc(=O)n1C2. The molecule has 0 aliphatic carbocycles. The molecule has 3 heterocycles. The van der Waals surface area contributed by atoms with Crippen LogP contribution in [0.1, 0.15) is 25.0 Å². The van der Waals surface area contributed by atoms with Gasteiger partial charge in [-0.3, -0.25) is 9.59 Å². The van der Waals surface area contributed by atoms with Gasteiger partial charge in [0, 0.05) is 37.3 Å². The molecule has 4 heteroatoms. The standard InChI is InChI=1S/C15H16N2O2/c1-2-4-14(18)16-8-11-7-12(10-16)13-5-3-6-15(19)17(13)9-11/h3,5-6,11-12H,7-10H2,1H3. The third-order valence-corrected chi connectivity index (χ3v) is 4.00. The minimum Gasteiger partial charge on any atom is -0.331 e. The fraction of sp³-hybridized carbons (Fsp3) is 0.467. The molecule has 0 N–H and O–H groups in total. The molecule has 19 heavy (non-hydrogen) atoms. The normalized spacial score (nSPS) is 24.2. The van der Waals surface area contributed by atoms with E-state index in [9.17, 15) is 9.59 Å². The van der Waals surface area contributed by atoms with E-state index >= 15 is 0 Å². The lowest BCUT2D eigenvalue weighted by Gasteiger charge is -2.42. The minimum absolute atomic E-state index is 0.0697. The highest BCUT2D eigenvalue weighted by Gasteiger charge is 2.35. The highest BCUT2D eigenvalue weighted by Crippen LogP contribution is 2.34. The van der Waals surface area contributed by atoms with Crippen molar-refractivity contribution in [2.75, 3.05) is 13.1 Å². The third kappa shape index (κ3) is 2.06. The Morgan fingerprint density at radius 3 is 2.95 bits per heavy atom. The first-order chi connectivity index (χ1) is 9.19. The van der Waals surface area contributed by atoms with Crippen LogP contribution in [0.15, 0.2) is 23.0 Å². The molecular weight excluding hydrogens is 240 g/mol. The van der Waals surface area contributed by atoms with Crippen LogP contribution in [0.4, 0.5) is 0 Å². The second-order valence-electron chi connectivity index (χ2n) is 5.28. The summed E-state index contributed by atoms with van der Waals surface area (Å²) in [5.41, 5.74) is 1.13. The Hall–Kier alpha value is -2.02. The lowest BCUT2D eigenvalue weighted by atomic mass is 9.83. The molecule has 1 aromatic heterocycles. The molecule has 0 spiro atoms. The summed E-state index contributed by atoms with van der Waals surface area (Å²) in [6.45, 7) is 3.78. The molecule has 1 fully saturated rings. The second kappa shape index (κ2) is 4.58. The van der Waals surface area contributed by atoms with Crippen LogP contribution in [0, 0.1) is 17.8 Å².